The van der Waals surface area contributed by atoms with E-state index >= 15 is 0 Å². The van der Waals surface area contributed by atoms with Crippen molar-refractivity contribution < 1.29 is 19.7 Å². The standard InChI is InChI=1S/C9H10N2O5/c1-10(16-2)9(13)6-3-7(11(14)15)5-8(12)4-6/h3-5,12H,1-2H3. The van der Waals surface area contributed by atoms with Crippen LogP contribution in [0.4, 0.5) is 5.69 Å². The van der Waals surface area contributed by atoms with Crippen LogP contribution in [0.25, 0.3) is 0 Å². The van der Waals surface area contributed by atoms with Crippen molar-refractivity contribution in [3.63, 3.8) is 0 Å². The number of rotatable bonds is 3. The predicted molar refractivity (Wildman–Crippen MR) is 53.9 cm³/mol. The van der Waals surface area contributed by atoms with Gasteiger partial charge in [0.05, 0.1) is 23.7 Å². The number of benzene rings is 1. The highest BCUT2D eigenvalue weighted by atomic mass is 16.7. The van der Waals surface area contributed by atoms with E-state index in [0.29, 0.717) is 0 Å². The van der Waals surface area contributed by atoms with Crippen LogP contribution in [0.1, 0.15) is 10.4 Å². The van der Waals surface area contributed by atoms with E-state index in [1.165, 1.54) is 14.2 Å². The molecule has 7 heteroatoms. The molecule has 0 aliphatic carbocycles. The molecule has 0 fully saturated rings. The van der Waals surface area contributed by atoms with E-state index in [4.69, 9.17) is 0 Å². The fourth-order valence-corrected chi connectivity index (χ4v) is 1.09. The van der Waals surface area contributed by atoms with Gasteiger partial charge >= 0.3 is 0 Å². The number of hydroxylamine groups is 2. The second-order valence-corrected chi connectivity index (χ2v) is 2.98. The average Bonchev–Trinajstić information content (AvgIpc) is 2.26. The van der Waals surface area contributed by atoms with Crippen molar-refractivity contribution in [2.75, 3.05) is 14.2 Å². The molecule has 0 saturated heterocycles. The topological polar surface area (TPSA) is 92.9 Å². The SMILES string of the molecule is CON(C)C(=O)c1cc(O)cc([N+](=O)[O-])c1. The molecular formula is C9H10N2O5. The third-order valence-electron chi connectivity index (χ3n) is 1.92. The Morgan fingerprint density at radius 3 is 2.62 bits per heavy atom. The average molecular weight is 226 g/mol. The first kappa shape index (κ1) is 11.9. The molecule has 0 aliphatic rings. The largest absolute Gasteiger partial charge is 0.508 e. The Morgan fingerprint density at radius 1 is 1.50 bits per heavy atom. The molecule has 16 heavy (non-hydrogen) atoms. The van der Waals surface area contributed by atoms with Crippen LogP contribution in [0.2, 0.25) is 0 Å². The van der Waals surface area contributed by atoms with Crippen LogP contribution >= 0.6 is 0 Å². The first-order chi connectivity index (χ1) is 7.45. The van der Waals surface area contributed by atoms with Crippen LogP contribution in [0.15, 0.2) is 18.2 Å². The highest BCUT2D eigenvalue weighted by Gasteiger charge is 2.17. The van der Waals surface area contributed by atoms with Crippen LogP contribution < -0.4 is 0 Å². The van der Waals surface area contributed by atoms with E-state index in [0.717, 1.165) is 23.3 Å². The number of hydrogen-bond donors (Lipinski definition) is 1. The number of amides is 1. The molecule has 0 spiro atoms. The molecule has 1 amide bonds. The van der Waals surface area contributed by atoms with Gasteiger partial charge in [-0.1, -0.05) is 0 Å². The zero-order valence-corrected chi connectivity index (χ0v) is 8.71. The fraction of sp³-hybridized carbons (Fsp3) is 0.222. The molecule has 1 rings (SSSR count). The number of nitrogens with zero attached hydrogens (tertiary/aromatic N) is 2. The van der Waals surface area contributed by atoms with Crippen molar-refractivity contribution in [1.82, 2.24) is 5.06 Å². The lowest BCUT2D eigenvalue weighted by Crippen LogP contribution is -2.25. The van der Waals surface area contributed by atoms with E-state index < -0.39 is 10.8 Å². The van der Waals surface area contributed by atoms with Crippen LogP contribution in [0.5, 0.6) is 5.75 Å². The number of carbonyl (C=O) groups excluding carboxylic acids is 1. The van der Waals surface area contributed by atoms with Crippen LogP contribution in [0, 0.1) is 10.1 Å². The van der Waals surface area contributed by atoms with Gasteiger partial charge in [-0.15, -0.1) is 0 Å². The minimum atomic E-state index is -0.691. The second-order valence-electron chi connectivity index (χ2n) is 2.98. The zero-order chi connectivity index (χ0) is 12.3. The monoisotopic (exact) mass is 226 g/mol. The van der Waals surface area contributed by atoms with Crippen molar-refractivity contribution in [1.29, 1.82) is 0 Å². The number of phenols is 1. The smallest absolute Gasteiger partial charge is 0.277 e. The van der Waals surface area contributed by atoms with Crippen LogP contribution in [0.3, 0.4) is 0 Å². The number of hydrogen-bond acceptors (Lipinski definition) is 5. The molecule has 0 heterocycles. The minimum Gasteiger partial charge on any atom is -0.508 e. The summed E-state index contributed by atoms with van der Waals surface area (Å²) in [5, 5.41) is 20.6. The van der Waals surface area contributed by atoms with Gasteiger partial charge in [-0.3, -0.25) is 19.7 Å². The van der Waals surface area contributed by atoms with Crippen molar-refractivity contribution in [3.8, 4) is 5.75 Å². The maximum Gasteiger partial charge on any atom is 0.277 e. The molecule has 0 atom stereocenters. The van der Waals surface area contributed by atoms with Gasteiger partial charge in [-0.05, 0) is 6.07 Å². The van der Waals surface area contributed by atoms with Gasteiger partial charge in [0, 0.05) is 13.1 Å². The van der Waals surface area contributed by atoms with E-state index in [2.05, 4.69) is 4.84 Å². The molecule has 1 aromatic carbocycles. The lowest BCUT2D eigenvalue weighted by Gasteiger charge is -2.13. The lowest BCUT2D eigenvalue weighted by atomic mass is 10.2. The minimum absolute atomic E-state index is 0.0175. The van der Waals surface area contributed by atoms with E-state index in [1.54, 1.807) is 0 Å². The summed E-state index contributed by atoms with van der Waals surface area (Å²) in [6.45, 7) is 0. The molecule has 0 aromatic heterocycles. The van der Waals surface area contributed by atoms with Gasteiger partial charge < -0.3 is 5.11 Å². The molecule has 1 aromatic rings. The number of aromatic hydroxyl groups is 1. The Morgan fingerprint density at radius 2 is 2.12 bits per heavy atom. The van der Waals surface area contributed by atoms with Crippen molar-refractivity contribution in [2.45, 2.75) is 0 Å². The normalized spacial score (nSPS) is 9.88. The van der Waals surface area contributed by atoms with Gasteiger partial charge in [0.25, 0.3) is 11.6 Å². The number of phenolic OH excluding ortho intramolecular Hbond substituents is 1. The molecule has 7 nitrogen and oxygen atoms in total. The molecule has 0 unspecified atom stereocenters. The van der Waals surface area contributed by atoms with Gasteiger partial charge in [-0.2, -0.15) is 0 Å². The first-order valence-corrected chi connectivity index (χ1v) is 4.26. The summed E-state index contributed by atoms with van der Waals surface area (Å²) in [5.74, 6) is -0.927. The summed E-state index contributed by atoms with van der Waals surface area (Å²) in [5.41, 5.74) is -0.371. The van der Waals surface area contributed by atoms with Gasteiger partial charge in [0.1, 0.15) is 5.75 Å². The maximum atomic E-state index is 11.6. The van der Waals surface area contributed by atoms with Crippen LogP contribution in [-0.4, -0.2) is 35.2 Å². The number of nitro benzene ring substituents is 1. The molecular weight excluding hydrogens is 216 g/mol. The molecule has 0 saturated carbocycles. The quantitative estimate of drug-likeness (QED) is 0.611. The van der Waals surface area contributed by atoms with Crippen molar-refractivity contribution in [2.24, 2.45) is 0 Å². The molecule has 0 radical (unpaired) electrons. The number of non-ortho nitro benzene ring substituents is 1. The van der Waals surface area contributed by atoms with E-state index in [9.17, 15) is 20.0 Å². The van der Waals surface area contributed by atoms with E-state index in [1.807, 2.05) is 0 Å². The Labute approximate surface area is 91.0 Å². The molecule has 86 valence electrons. The van der Waals surface area contributed by atoms with Crippen LogP contribution in [-0.2, 0) is 4.84 Å². The van der Waals surface area contributed by atoms with Crippen molar-refractivity contribution >= 4 is 11.6 Å². The van der Waals surface area contributed by atoms with Gasteiger partial charge in [0.2, 0.25) is 0 Å². The maximum absolute atomic E-state index is 11.6. The number of carbonyl (C=O) groups is 1. The summed E-state index contributed by atoms with van der Waals surface area (Å²) >= 11 is 0. The third-order valence-corrected chi connectivity index (χ3v) is 1.92. The summed E-state index contributed by atoms with van der Waals surface area (Å²) in [7, 11) is 2.65. The summed E-state index contributed by atoms with van der Waals surface area (Å²) < 4.78 is 0. The first-order valence-electron chi connectivity index (χ1n) is 4.26. The predicted octanol–water partition coefficient (Wildman–Crippen LogP) is 0.934. The fourth-order valence-electron chi connectivity index (χ4n) is 1.09. The summed E-state index contributed by atoms with van der Waals surface area (Å²) in [6.07, 6.45) is 0. The van der Waals surface area contributed by atoms with Crippen molar-refractivity contribution in [3.05, 3.63) is 33.9 Å². The molecule has 0 bridgehead atoms. The second kappa shape index (κ2) is 4.58. The Hall–Kier alpha value is -2.15. The highest BCUT2D eigenvalue weighted by molar-refractivity contribution is 5.94. The van der Waals surface area contributed by atoms with Gasteiger partial charge in [-0.25, -0.2) is 5.06 Å². The Kier molecular flexibility index (Phi) is 3.41. The Bertz CT molecular complexity index is 432. The third kappa shape index (κ3) is 2.45. The highest BCUT2D eigenvalue weighted by Crippen LogP contribution is 2.22. The van der Waals surface area contributed by atoms with Gasteiger partial charge in [0.15, 0.2) is 0 Å². The number of nitro groups is 1. The van der Waals surface area contributed by atoms with E-state index in [-0.39, 0.29) is 17.0 Å². The molecule has 1 N–H and O–H groups in total. The molecule has 0 aliphatic heterocycles. The zero-order valence-electron chi connectivity index (χ0n) is 8.71. The summed E-state index contributed by atoms with van der Waals surface area (Å²) in [4.78, 5) is 26.0. The lowest BCUT2D eigenvalue weighted by molar-refractivity contribution is -0.385. The Balaban J connectivity index is 3.14. The summed E-state index contributed by atoms with van der Waals surface area (Å²) in [6, 6.07) is 3.16.